The van der Waals surface area contributed by atoms with Crippen LogP contribution in [0.15, 0.2) is 0 Å². The van der Waals surface area contributed by atoms with Crippen molar-refractivity contribution in [3.05, 3.63) is 0 Å². The molecule has 4 aliphatic carbocycles. The molecule has 0 aromatic carbocycles. The predicted molar refractivity (Wildman–Crippen MR) is 134 cm³/mol. The summed E-state index contributed by atoms with van der Waals surface area (Å²) in [5, 5.41) is 21.8. The molecule has 1 saturated heterocycles. The number of hydrogen-bond acceptors (Lipinski definition) is 4. The van der Waals surface area contributed by atoms with Crippen LogP contribution in [-0.2, 0) is 9.53 Å². The van der Waals surface area contributed by atoms with E-state index in [1.807, 2.05) is 0 Å². The van der Waals surface area contributed by atoms with Gasteiger partial charge in [-0.25, -0.2) is 0 Å². The molecule has 0 bridgehead atoms. The van der Waals surface area contributed by atoms with Crippen molar-refractivity contribution in [2.24, 2.45) is 45.3 Å². The van der Waals surface area contributed by atoms with Crippen LogP contribution in [0.1, 0.15) is 120 Å². The summed E-state index contributed by atoms with van der Waals surface area (Å²) in [5.74, 6) is 1.17. The SMILES string of the molecule is CC1(C2CCC3(C)C2CCC2C4(C)CCC(=O)C(C)(C)C4CCC23C)CCC(O)(C(C)(C)O)O1. The van der Waals surface area contributed by atoms with Crippen LogP contribution in [-0.4, -0.2) is 33.0 Å². The predicted octanol–water partition coefficient (Wildman–Crippen LogP) is 6.27. The molecule has 0 amide bonds. The van der Waals surface area contributed by atoms with Crippen molar-refractivity contribution in [2.75, 3.05) is 0 Å². The largest absolute Gasteiger partial charge is 0.385 e. The zero-order valence-electron chi connectivity index (χ0n) is 23.1. The number of fused-ring (bicyclic) bond motifs is 5. The molecule has 9 unspecified atom stereocenters. The highest BCUT2D eigenvalue weighted by Crippen LogP contribution is 2.76. The van der Waals surface area contributed by atoms with Gasteiger partial charge in [0.25, 0.3) is 0 Å². The first kappa shape index (κ1) is 25.2. The molecule has 2 N–H and O–H groups in total. The van der Waals surface area contributed by atoms with Crippen molar-refractivity contribution in [1.82, 2.24) is 0 Å². The van der Waals surface area contributed by atoms with Crippen LogP contribution in [0.5, 0.6) is 0 Å². The van der Waals surface area contributed by atoms with Gasteiger partial charge in [0, 0.05) is 18.3 Å². The van der Waals surface area contributed by atoms with Crippen molar-refractivity contribution in [3.8, 4) is 0 Å². The molecular weight excluding hydrogens is 424 g/mol. The standard InChI is InChI=1S/C30H50O4/c1-24(2)21-12-16-28(7)22(26(21,5)14-13-23(24)31)10-9-19-20(11-15-27(19,28)6)29(8)17-18-30(33,34-29)25(3,4)32/h19-22,32-33H,9-18H2,1-8H3. The molecule has 5 fully saturated rings. The van der Waals surface area contributed by atoms with E-state index in [0.29, 0.717) is 35.9 Å². The lowest BCUT2D eigenvalue weighted by Crippen LogP contribution is -2.63. The van der Waals surface area contributed by atoms with Crippen molar-refractivity contribution < 1.29 is 19.7 Å². The summed E-state index contributed by atoms with van der Waals surface area (Å²) < 4.78 is 6.46. The monoisotopic (exact) mass is 474 g/mol. The van der Waals surface area contributed by atoms with Gasteiger partial charge in [0.15, 0.2) is 5.79 Å². The Kier molecular flexibility index (Phi) is 5.26. The quantitative estimate of drug-likeness (QED) is 0.495. The Bertz CT molecular complexity index is 874. The Morgan fingerprint density at radius 2 is 1.44 bits per heavy atom. The van der Waals surface area contributed by atoms with Crippen LogP contribution in [0.4, 0.5) is 0 Å². The highest BCUT2D eigenvalue weighted by Gasteiger charge is 2.70. The molecule has 0 spiro atoms. The lowest BCUT2D eigenvalue weighted by molar-refractivity contribution is -0.306. The van der Waals surface area contributed by atoms with Gasteiger partial charge in [0.1, 0.15) is 11.4 Å². The molecule has 0 aromatic heterocycles. The van der Waals surface area contributed by atoms with Gasteiger partial charge in [-0.2, -0.15) is 0 Å². The third-order valence-corrected chi connectivity index (χ3v) is 13.2. The van der Waals surface area contributed by atoms with E-state index in [4.69, 9.17) is 4.74 Å². The fourth-order valence-electron chi connectivity index (χ4n) is 10.9. The Morgan fingerprint density at radius 1 is 0.794 bits per heavy atom. The number of carbonyl (C=O) groups is 1. The van der Waals surface area contributed by atoms with Gasteiger partial charge in [-0.1, -0.05) is 34.6 Å². The molecule has 4 heteroatoms. The molecular formula is C30H50O4. The highest BCUT2D eigenvalue weighted by molar-refractivity contribution is 5.85. The fraction of sp³-hybridized carbons (Fsp3) is 0.967. The van der Waals surface area contributed by atoms with E-state index in [-0.39, 0.29) is 27.3 Å². The Labute approximate surface area is 207 Å². The van der Waals surface area contributed by atoms with Gasteiger partial charge in [0.2, 0.25) is 0 Å². The van der Waals surface area contributed by atoms with Crippen molar-refractivity contribution >= 4 is 5.78 Å². The number of Topliss-reactive ketones (excluding diaryl/α,β-unsaturated/α-hetero) is 1. The van der Waals surface area contributed by atoms with E-state index in [9.17, 15) is 15.0 Å². The van der Waals surface area contributed by atoms with Gasteiger partial charge in [-0.3, -0.25) is 4.79 Å². The molecule has 4 nitrogen and oxygen atoms in total. The average molecular weight is 475 g/mol. The lowest BCUT2D eigenvalue weighted by atomic mass is 9.35. The van der Waals surface area contributed by atoms with Crippen LogP contribution in [0.25, 0.3) is 0 Å². The summed E-state index contributed by atoms with van der Waals surface area (Å²) >= 11 is 0. The van der Waals surface area contributed by atoms with Gasteiger partial charge in [0.05, 0.1) is 5.60 Å². The van der Waals surface area contributed by atoms with Gasteiger partial charge in [-0.05, 0) is 112 Å². The summed E-state index contributed by atoms with van der Waals surface area (Å²) in [4.78, 5) is 12.9. The first-order chi connectivity index (χ1) is 15.4. The van der Waals surface area contributed by atoms with E-state index < -0.39 is 11.4 Å². The Hall–Kier alpha value is -0.450. The third-order valence-electron chi connectivity index (χ3n) is 13.2. The van der Waals surface area contributed by atoms with E-state index >= 15 is 0 Å². The molecule has 4 saturated carbocycles. The lowest BCUT2D eigenvalue weighted by Gasteiger charge is -2.69. The summed E-state index contributed by atoms with van der Waals surface area (Å²) in [6.07, 6.45) is 10.3. The van der Waals surface area contributed by atoms with Gasteiger partial charge in [-0.15, -0.1) is 0 Å². The average Bonchev–Trinajstić information content (AvgIpc) is 3.24. The number of ether oxygens (including phenoxy) is 1. The first-order valence-electron chi connectivity index (χ1n) is 14.1. The fourth-order valence-corrected chi connectivity index (χ4v) is 10.9. The van der Waals surface area contributed by atoms with Crippen LogP contribution in [0.3, 0.4) is 0 Å². The summed E-state index contributed by atoms with van der Waals surface area (Å²) in [6.45, 7) is 17.7. The maximum atomic E-state index is 12.9. The highest BCUT2D eigenvalue weighted by atomic mass is 16.7. The van der Waals surface area contributed by atoms with Crippen molar-refractivity contribution in [1.29, 1.82) is 0 Å². The summed E-state index contributed by atoms with van der Waals surface area (Å²) in [5.41, 5.74) is -1.09. The molecule has 9 atom stereocenters. The summed E-state index contributed by atoms with van der Waals surface area (Å²) in [7, 11) is 0. The molecule has 194 valence electrons. The molecule has 0 aromatic rings. The maximum Gasteiger partial charge on any atom is 0.194 e. The zero-order chi connectivity index (χ0) is 25.2. The number of aliphatic hydroxyl groups is 2. The number of ketones is 1. The molecule has 1 aliphatic heterocycles. The van der Waals surface area contributed by atoms with Gasteiger partial charge < -0.3 is 14.9 Å². The topological polar surface area (TPSA) is 66.8 Å². The molecule has 0 radical (unpaired) electrons. The third kappa shape index (κ3) is 2.97. The maximum absolute atomic E-state index is 12.9. The number of rotatable bonds is 2. The molecule has 34 heavy (non-hydrogen) atoms. The summed E-state index contributed by atoms with van der Waals surface area (Å²) in [6, 6.07) is 0. The van der Waals surface area contributed by atoms with E-state index in [0.717, 1.165) is 25.7 Å². The van der Waals surface area contributed by atoms with Crippen molar-refractivity contribution in [2.45, 2.75) is 137 Å². The second-order valence-electron chi connectivity index (χ2n) is 15.2. The van der Waals surface area contributed by atoms with E-state index in [2.05, 4.69) is 41.5 Å². The minimum atomic E-state index is -1.46. The smallest absolute Gasteiger partial charge is 0.194 e. The first-order valence-corrected chi connectivity index (χ1v) is 14.1. The Morgan fingerprint density at radius 3 is 2.06 bits per heavy atom. The normalized spacial score (nSPS) is 54.9. The number of hydrogen-bond donors (Lipinski definition) is 2. The van der Waals surface area contributed by atoms with Crippen molar-refractivity contribution in [3.63, 3.8) is 0 Å². The second kappa shape index (κ2) is 7.10. The Balaban J connectivity index is 1.46. The van der Waals surface area contributed by atoms with Crippen LogP contribution >= 0.6 is 0 Å². The van der Waals surface area contributed by atoms with E-state index in [1.165, 1.54) is 32.1 Å². The minimum absolute atomic E-state index is 0.197. The minimum Gasteiger partial charge on any atom is -0.385 e. The molecule has 5 rings (SSSR count). The van der Waals surface area contributed by atoms with Crippen LogP contribution in [0.2, 0.25) is 0 Å². The van der Waals surface area contributed by atoms with Crippen LogP contribution in [0, 0.1) is 45.3 Å². The van der Waals surface area contributed by atoms with E-state index in [1.54, 1.807) is 13.8 Å². The molecule has 1 heterocycles. The molecule has 5 aliphatic rings. The van der Waals surface area contributed by atoms with Gasteiger partial charge >= 0.3 is 0 Å². The zero-order valence-corrected chi connectivity index (χ0v) is 23.1. The van der Waals surface area contributed by atoms with Crippen LogP contribution < -0.4 is 0 Å². The second-order valence-corrected chi connectivity index (χ2v) is 15.2. The number of carbonyl (C=O) groups excluding carboxylic acids is 1.